The molecule has 2 aromatic rings. The van der Waals surface area contributed by atoms with Gasteiger partial charge in [0.2, 0.25) is 0 Å². The molecule has 5 nitrogen and oxygen atoms in total. The zero-order chi connectivity index (χ0) is 24.0. The van der Waals surface area contributed by atoms with Crippen molar-refractivity contribution in [3.8, 4) is 0 Å². The number of carbonyl (C=O) groups excluding carboxylic acids is 2. The second-order valence-electron chi connectivity index (χ2n) is 10.2. The molecule has 33 heavy (non-hydrogen) atoms. The number of esters is 1. The van der Waals surface area contributed by atoms with Gasteiger partial charge in [-0.1, -0.05) is 45.0 Å². The number of rotatable bonds is 4. The van der Waals surface area contributed by atoms with Crippen LogP contribution in [0.4, 0.5) is 4.39 Å². The zero-order valence-corrected chi connectivity index (χ0v) is 20.8. The third kappa shape index (κ3) is 4.65. The van der Waals surface area contributed by atoms with Gasteiger partial charge in [0, 0.05) is 18.7 Å². The van der Waals surface area contributed by atoms with Crippen molar-refractivity contribution in [1.82, 2.24) is 4.90 Å². The number of likely N-dealkylation sites (tertiary alicyclic amines) is 1. The highest BCUT2D eigenvalue weighted by Crippen LogP contribution is 2.38. The molecule has 7 heteroatoms. The van der Waals surface area contributed by atoms with E-state index in [1.165, 1.54) is 12.1 Å². The molecule has 0 radical (unpaired) electrons. The summed E-state index contributed by atoms with van der Waals surface area (Å²) in [6, 6.07) is 11.5. The maximum Gasteiger partial charge on any atom is 0.344 e. The van der Waals surface area contributed by atoms with E-state index in [0.29, 0.717) is 35.5 Å². The first-order valence-corrected chi connectivity index (χ1v) is 14.2. The Morgan fingerprint density at radius 3 is 2.58 bits per heavy atom. The fourth-order valence-corrected chi connectivity index (χ4v) is 5.29. The predicted molar refractivity (Wildman–Crippen MR) is 129 cm³/mol. The van der Waals surface area contributed by atoms with Gasteiger partial charge in [0.15, 0.2) is 8.32 Å². The Morgan fingerprint density at radius 2 is 1.88 bits per heavy atom. The lowest BCUT2D eigenvalue weighted by Crippen LogP contribution is -2.44. The maximum atomic E-state index is 14.6. The summed E-state index contributed by atoms with van der Waals surface area (Å²) in [4.78, 5) is 26.9. The van der Waals surface area contributed by atoms with Crippen molar-refractivity contribution in [2.24, 2.45) is 0 Å². The summed E-state index contributed by atoms with van der Waals surface area (Å²) < 4.78 is 26.5. The SMILES string of the molecule is CC(C)(C)[Si](C)(C)OC1CCN(C(=O)c2cc(C=C3OC(=O)c4ccccc43)ccc2F)C1. The molecule has 0 aromatic heterocycles. The standard InChI is InChI=1S/C26H30FNO4Si/c1-26(2,3)33(4,5)32-18-12-13-28(16-18)24(29)21-14-17(10-11-22(21)27)15-23-19-8-6-7-9-20(19)25(30)31-23/h6-11,14-15,18H,12-13,16H2,1-5H3. The summed E-state index contributed by atoms with van der Waals surface area (Å²) in [6.07, 6.45) is 2.38. The highest BCUT2D eigenvalue weighted by molar-refractivity contribution is 6.74. The average Bonchev–Trinajstić information content (AvgIpc) is 3.33. The maximum absolute atomic E-state index is 14.6. The first-order valence-electron chi connectivity index (χ1n) is 11.3. The van der Waals surface area contributed by atoms with Gasteiger partial charge in [-0.2, -0.15) is 0 Å². The molecule has 0 N–H and O–H groups in total. The summed E-state index contributed by atoms with van der Waals surface area (Å²) >= 11 is 0. The molecule has 1 amide bonds. The molecule has 2 aliphatic rings. The third-order valence-corrected chi connectivity index (χ3v) is 11.4. The molecule has 1 fully saturated rings. The second-order valence-corrected chi connectivity index (χ2v) is 15.0. The lowest BCUT2D eigenvalue weighted by molar-refractivity contribution is 0.0715. The van der Waals surface area contributed by atoms with Gasteiger partial charge in [0.05, 0.1) is 17.2 Å². The molecule has 0 saturated carbocycles. The molecule has 2 aromatic carbocycles. The summed E-state index contributed by atoms with van der Waals surface area (Å²) in [5, 5.41) is 0.0840. The Hall–Kier alpha value is -2.77. The van der Waals surface area contributed by atoms with Gasteiger partial charge in [0.25, 0.3) is 5.91 Å². The van der Waals surface area contributed by atoms with Crippen molar-refractivity contribution >= 4 is 32.0 Å². The van der Waals surface area contributed by atoms with Gasteiger partial charge in [0.1, 0.15) is 11.6 Å². The van der Waals surface area contributed by atoms with Crippen LogP contribution in [0, 0.1) is 5.82 Å². The van der Waals surface area contributed by atoms with Crippen LogP contribution in [-0.2, 0) is 9.16 Å². The van der Waals surface area contributed by atoms with E-state index in [1.54, 1.807) is 35.2 Å². The summed E-state index contributed by atoms with van der Waals surface area (Å²) in [5.74, 6) is -0.942. The molecule has 2 aliphatic heterocycles. The Labute approximate surface area is 195 Å². The van der Waals surface area contributed by atoms with Crippen molar-refractivity contribution in [2.75, 3.05) is 13.1 Å². The summed E-state index contributed by atoms with van der Waals surface area (Å²) in [7, 11) is -1.95. The highest BCUT2D eigenvalue weighted by Gasteiger charge is 2.41. The van der Waals surface area contributed by atoms with Crippen molar-refractivity contribution in [3.05, 3.63) is 70.5 Å². The van der Waals surface area contributed by atoms with E-state index in [-0.39, 0.29) is 22.6 Å². The van der Waals surface area contributed by atoms with Crippen molar-refractivity contribution in [3.63, 3.8) is 0 Å². The van der Waals surface area contributed by atoms with E-state index in [2.05, 4.69) is 33.9 Å². The fourth-order valence-electron chi connectivity index (χ4n) is 3.91. The normalized spacial score (nSPS) is 19.7. The summed E-state index contributed by atoms with van der Waals surface area (Å²) in [6.45, 7) is 11.9. The van der Waals surface area contributed by atoms with Gasteiger partial charge in [-0.05, 0) is 54.4 Å². The number of hydrogen-bond acceptors (Lipinski definition) is 4. The largest absolute Gasteiger partial charge is 0.422 e. The minimum Gasteiger partial charge on any atom is -0.422 e. The fraction of sp³-hybridized carbons (Fsp3) is 0.385. The lowest BCUT2D eigenvalue weighted by atomic mass is 10.0. The van der Waals surface area contributed by atoms with Gasteiger partial charge < -0.3 is 14.1 Å². The highest BCUT2D eigenvalue weighted by atomic mass is 28.4. The predicted octanol–water partition coefficient (Wildman–Crippen LogP) is 5.73. The number of hydrogen-bond donors (Lipinski definition) is 0. The molecule has 1 atom stereocenters. The number of halogens is 1. The average molecular weight is 468 g/mol. The van der Waals surface area contributed by atoms with Gasteiger partial charge >= 0.3 is 5.97 Å². The van der Waals surface area contributed by atoms with Gasteiger partial charge in [-0.15, -0.1) is 0 Å². The van der Waals surface area contributed by atoms with Gasteiger partial charge in [-0.3, -0.25) is 4.79 Å². The molecule has 174 valence electrons. The van der Waals surface area contributed by atoms with Crippen LogP contribution in [0.5, 0.6) is 0 Å². The Bertz CT molecular complexity index is 1140. The molecule has 0 spiro atoms. The third-order valence-electron chi connectivity index (χ3n) is 6.83. The molecule has 2 heterocycles. The second kappa shape index (κ2) is 8.54. The number of nitrogens with zero attached hydrogens (tertiary/aromatic N) is 1. The number of amides is 1. The van der Waals surface area contributed by atoms with Gasteiger partial charge in [-0.25, -0.2) is 9.18 Å². The first-order chi connectivity index (χ1) is 15.5. The molecule has 1 saturated heterocycles. The van der Waals surface area contributed by atoms with E-state index >= 15 is 0 Å². The van der Waals surface area contributed by atoms with Crippen molar-refractivity contribution in [2.45, 2.75) is 51.4 Å². The molecule has 0 bridgehead atoms. The molecular weight excluding hydrogens is 437 g/mol. The Kier molecular flexibility index (Phi) is 6.05. The van der Waals surface area contributed by atoms with Crippen LogP contribution in [0.1, 0.15) is 59.0 Å². The zero-order valence-electron chi connectivity index (χ0n) is 19.8. The molecule has 1 unspecified atom stereocenters. The summed E-state index contributed by atoms with van der Waals surface area (Å²) in [5.41, 5.74) is 1.78. The Balaban J connectivity index is 1.52. The lowest BCUT2D eigenvalue weighted by Gasteiger charge is -2.38. The van der Waals surface area contributed by atoms with Crippen LogP contribution in [0.25, 0.3) is 11.8 Å². The monoisotopic (exact) mass is 467 g/mol. The van der Waals surface area contributed by atoms with Crippen LogP contribution in [0.15, 0.2) is 42.5 Å². The van der Waals surface area contributed by atoms with E-state index in [1.807, 2.05) is 6.07 Å². The number of cyclic esters (lactones) is 1. The van der Waals surface area contributed by atoms with Crippen molar-refractivity contribution < 1.29 is 23.1 Å². The van der Waals surface area contributed by atoms with Crippen LogP contribution in [0.3, 0.4) is 0 Å². The minimum absolute atomic E-state index is 0.00920. The minimum atomic E-state index is -1.95. The number of benzene rings is 2. The molecule has 0 aliphatic carbocycles. The Morgan fingerprint density at radius 1 is 1.18 bits per heavy atom. The molecule has 4 rings (SSSR count). The quantitative estimate of drug-likeness (QED) is 0.426. The first kappa shape index (κ1) is 23.4. The van der Waals surface area contributed by atoms with Crippen molar-refractivity contribution in [1.29, 1.82) is 0 Å². The van der Waals surface area contributed by atoms with E-state index in [4.69, 9.17) is 9.16 Å². The topological polar surface area (TPSA) is 55.8 Å². The van der Waals surface area contributed by atoms with Crippen LogP contribution in [0.2, 0.25) is 18.1 Å². The number of ether oxygens (including phenoxy) is 1. The number of carbonyl (C=O) groups is 2. The number of fused-ring (bicyclic) bond motifs is 1. The van der Waals surface area contributed by atoms with Crippen LogP contribution >= 0.6 is 0 Å². The van der Waals surface area contributed by atoms with Crippen LogP contribution in [-0.4, -0.2) is 44.3 Å². The van der Waals surface area contributed by atoms with E-state index < -0.39 is 20.1 Å². The molecular formula is C26H30FNO4Si. The van der Waals surface area contributed by atoms with E-state index in [0.717, 1.165) is 6.42 Å². The van der Waals surface area contributed by atoms with Crippen LogP contribution < -0.4 is 0 Å². The smallest absolute Gasteiger partial charge is 0.344 e. The van der Waals surface area contributed by atoms with E-state index in [9.17, 15) is 14.0 Å².